The van der Waals surface area contributed by atoms with E-state index in [-0.39, 0.29) is 12.5 Å². The minimum Gasteiger partial charge on any atom is -0.392 e. The first kappa shape index (κ1) is 18.1. The van der Waals surface area contributed by atoms with Crippen molar-refractivity contribution in [3.63, 3.8) is 0 Å². The van der Waals surface area contributed by atoms with Crippen molar-refractivity contribution in [2.75, 3.05) is 11.4 Å². The predicted octanol–water partition coefficient (Wildman–Crippen LogP) is 2.94. The smallest absolute Gasteiger partial charge is 0.244 e. The highest BCUT2D eigenvalue weighted by molar-refractivity contribution is 6.02. The average Bonchev–Trinajstić information content (AvgIpc) is 3.48. The third-order valence-electron chi connectivity index (χ3n) is 4.79. The Morgan fingerprint density at radius 2 is 2.04 bits per heavy atom. The Balaban J connectivity index is 0.000000586. The summed E-state index contributed by atoms with van der Waals surface area (Å²) in [7, 11) is 0. The van der Waals surface area contributed by atoms with Crippen LogP contribution in [0.4, 0.5) is 5.69 Å². The molecule has 1 unspecified atom stereocenters. The van der Waals surface area contributed by atoms with Gasteiger partial charge in [-0.2, -0.15) is 10.4 Å². The molecule has 0 aromatic carbocycles. The van der Waals surface area contributed by atoms with Gasteiger partial charge in [0.15, 0.2) is 0 Å². The van der Waals surface area contributed by atoms with Gasteiger partial charge < -0.3 is 10.0 Å². The summed E-state index contributed by atoms with van der Waals surface area (Å²) in [6, 6.07) is 9.34. The van der Waals surface area contributed by atoms with Crippen LogP contribution in [-0.4, -0.2) is 32.2 Å². The molecule has 1 amide bonds. The van der Waals surface area contributed by atoms with Crippen LogP contribution in [0.2, 0.25) is 0 Å². The van der Waals surface area contributed by atoms with Crippen molar-refractivity contribution in [3.05, 3.63) is 48.4 Å². The summed E-state index contributed by atoms with van der Waals surface area (Å²) >= 11 is 0. The molecular weight excluding hydrogens is 354 g/mol. The van der Waals surface area contributed by atoms with Gasteiger partial charge in [0.25, 0.3) is 0 Å². The molecule has 1 atom stereocenters. The molecule has 7 nitrogen and oxygen atoms in total. The van der Waals surface area contributed by atoms with E-state index in [0.717, 1.165) is 28.0 Å². The van der Waals surface area contributed by atoms with E-state index in [0.29, 0.717) is 13.0 Å². The van der Waals surface area contributed by atoms with Gasteiger partial charge >= 0.3 is 0 Å². The monoisotopic (exact) mass is 375 g/mol. The minimum absolute atomic E-state index is 0.0514. The summed E-state index contributed by atoms with van der Waals surface area (Å²) in [4.78, 5) is 18.4. The number of carbonyl (C=O) groups excluding carboxylic acids is 1. The van der Waals surface area contributed by atoms with E-state index in [1.54, 1.807) is 33.9 Å². The van der Waals surface area contributed by atoms with Gasteiger partial charge in [-0.3, -0.25) is 9.78 Å². The van der Waals surface area contributed by atoms with E-state index < -0.39 is 5.92 Å². The molecule has 0 bridgehead atoms. The zero-order valence-corrected chi connectivity index (χ0v) is 15.5. The minimum atomic E-state index is -0.578. The highest BCUT2D eigenvalue weighted by Crippen LogP contribution is 2.31. The van der Waals surface area contributed by atoms with Crippen LogP contribution >= 0.6 is 0 Å². The van der Waals surface area contributed by atoms with Crippen LogP contribution < -0.4 is 4.90 Å². The predicted molar refractivity (Wildman–Crippen MR) is 104 cm³/mol. The molecule has 2 aliphatic rings. The van der Waals surface area contributed by atoms with Crippen molar-refractivity contribution < 1.29 is 9.90 Å². The maximum Gasteiger partial charge on any atom is 0.244 e. The molecule has 1 aliphatic heterocycles. The first-order valence-electron chi connectivity index (χ1n) is 9.46. The van der Waals surface area contributed by atoms with Crippen molar-refractivity contribution in [2.24, 2.45) is 5.92 Å². The Labute approximate surface area is 162 Å². The summed E-state index contributed by atoms with van der Waals surface area (Å²) < 4.78 is 1.70. The number of anilines is 1. The van der Waals surface area contributed by atoms with Gasteiger partial charge in [0, 0.05) is 30.7 Å². The number of aromatic nitrogens is 3. The second kappa shape index (κ2) is 7.79. The van der Waals surface area contributed by atoms with E-state index >= 15 is 0 Å². The van der Waals surface area contributed by atoms with Crippen LogP contribution in [0, 0.1) is 17.2 Å². The lowest BCUT2D eigenvalue weighted by atomic mass is 10.1. The molecule has 142 valence electrons. The Morgan fingerprint density at radius 3 is 2.71 bits per heavy atom. The van der Waals surface area contributed by atoms with Crippen molar-refractivity contribution in [2.45, 2.75) is 32.3 Å². The van der Waals surface area contributed by atoms with E-state index in [1.807, 2.05) is 18.3 Å². The molecule has 0 radical (unpaired) electrons. The molecule has 28 heavy (non-hydrogen) atoms. The van der Waals surface area contributed by atoms with Crippen molar-refractivity contribution in [1.82, 2.24) is 14.6 Å². The number of pyridine rings is 1. The van der Waals surface area contributed by atoms with Gasteiger partial charge in [0.1, 0.15) is 5.92 Å². The van der Waals surface area contributed by atoms with Gasteiger partial charge in [-0.05, 0) is 36.2 Å². The number of aliphatic hydroxyl groups is 1. The highest BCUT2D eigenvalue weighted by Gasteiger charge is 2.33. The molecule has 2 fully saturated rings. The van der Waals surface area contributed by atoms with E-state index in [2.05, 4.69) is 16.2 Å². The summed E-state index contributed by atoms with van der Waals surface area (Å²) in [6.07, 6.45) is 10.2. The molecule has 1 N–H and O–H groups in total. The molecule has 3 aromatic heterocycles. The molecule has 5 rings (SSSR count). The number of hydrogen-bond acceptors (Lipinski definition) is 5. The van der Waals surface area contributed by atoms with Gasteiger partial charge in [-0.1, -0.05) is 19.3 Å². The summed E-state index contributed by atoms with van der Waals surface area (Å²) in [5, 5.41) is 22.7. The van der Waals surface area contributed by atoms with Gasteiger partial charge in [0.2, 0.25) is 5.91 Å². The van der Waals surface area contributed by atoms with Crippen molar-refractivity contribution >= 4 is 17.1 Å². The van der Waals surface area contributed by atoms with Crippen molar-refractivity contribution in [1.29, 1.82) is 5.26 Å². The lowest BCUT2D eigenvalue weighted by molar-refractivity contribution is -0.118. The first-order valence-corrected chi connectivity index (χ1v) is 9.46. The lowest BCUT2D eigenvalue weighted by Crippen LogP contribution is -2.27. The second-order valence-electron chi connectivity index (χ2n) is 7.00. The molecule has 0 spiro atoms. The van der Waals surface area contributed by atoms with E-state index in [1.165, 1.54) is 19.3 Å². The lowest BCUT2D eigenvalue weighted by Gasteiger charge is -2.16. The Morgan fingerprint density at radius 1 is 1.21 bits per heavy atom. The second-order valence-corrected chi connectivity index (χ2v) is 7.00. The van der Waals surface area contributed by atoms with E-state index in [4.69, 9.17) is 5.26 Å². The number of nitriles is 1. The Bertz CT molecular complexity index is 1050. The zero-order chi connectivity index (χ0) is 19.5. The third-order valence-corrected chi connectivity index (χ3v) is 4.79. The molecule has 1 aliphatic carbocycles. The molecule has 3 aromatic rings. The highest BCUT2D eigenvalue weighted by atomic mass is 16.3. The number of fused-ring (bicyclic) bond motifs is 1. The standard InChI is InChI=1S/C18H15N5O2.C3H6/c19-9-13-3-6-22(18(13)25)16-2-5-21-23-10-14(8-17(16)23)15-7-12(11-24)1-4-20-15;1-2-3-1/h1-2,4-5,7-8,10,13,24H,3,6,11H2;1-3H2. The largest absolute Gasteiger partial charge is 0.392 e. The number of rotatable bonds is 3. The van der Waals surface area contributed by atoms with Crippen LogP contribution in [-0.2, 0) is 11.4 Å². The maximum atomic E-state index is 12.4. The Kier molecular flexibility index (Phi) is 5.04. The topological polar surface area (TPSA) is 94.5 Å². The third kappa shape index (κ3) is 3.59. The molecule has 1 saturated heterocycles. The van der Waals surface area contributed by atoms with Gasteiger partial charge in [-0.15, -0.1) is 0 Å². The molecule has 4 heterocycles. The van der Waals surface area contributed by atoms with Gasteiger partial charge in [0.05, 0.1) is 29.6 Å². The quantitative estimate of drug-likeness (QED) is 0.759. The number of nitrogens with zero attached hydrogens (tertiary/aromatic N) is 5. The van der Waals surface area contributed by atoms with Crippen LogP contribution in [0.3, 0.4) is 0 Å². The summed E-state index contributed by atoms with van der Waals surface area (Å²) in [6.45, 7) is 0.472. The number of amides is 1. The molecule has 1 saturated carbocycles. The number of hydrogen-bond donors (Lipinski definition) is 1. The SMILES string of the molecule is C1CC1.N#CC1CCN(c2ccnn3cc(-c4cc(CO)ccn4)cc23)C1=O. The summed E-state index contributed by atoms with van der Waals surface area (Å²) in [5.41, 5.74) is 3.87. The van der Waals surface area contributed by atoms with Gasteiger partial charge in [-0.25, -0.2) is 4.52 Å². The van der Waals surface area contributed by atoms with Crippen LogP contribution in [0.1, 0.15) is 31.2 Å². The summed E-state index contributed by atoms with van der Waals surface area (Å²) in [5.74, 6) is -0.746. The normalized spacial score (nSPS) is 17.9. The maximum absolute atomic E-state index is 12.4. The first-order chi connectivity index (χ1) is 13.7. The molecule has 7 heteroatoms. The number of carbonyl (C=O) groups is 1. The Hall–Kier alpha value is -3.24. The molecular formula is C21H21N5O2. The fourth-order valence-corrected chi connectivity index (χ4v) is 3.14. The average molecular weight is 375 g/mol. The van der Waals surface area contributed by atoms with E-state index in [9.17, 15) is 9.90 Å². The van der Waals surface area contributed by atoms with Crippen LogP contribution in [0.15, 0.2) is 42.9 Å². The fraction of sp³-hybridized carbons (Fsp3) is 0.333. The van der Waals surface area contributed by atoms with Crippen LogP contribution in [0.5, 0.6) is 0 Å². The number of aliphatic hydroxyl groups excluding tert-OH is 1. The zero-order valence-electron chi connectivity index (χ0n) is 15.5. The fourth-order valence-electron chi connectivity index (χ4n) is 3.14. The van der Waals surface area contributed by atoms with Crippen molar-refractivity contribution in [3.8, 4) is 17.3 Å². The van der Waals surface area contributed by atoms with Crippen LogP contribution in [0.25, 0.3) is 16.8 Å².